The number of benzene rings is 2. The Kier molecular flexibility index (Phi) is 5.57. The SMILES string of the molecule is COC(=O)c1cccc(NC(=O)NCc2ccc(OC)cc2)c1. The zero-order chi connectivity index (χ0) is 16.7. The Morgan fingerprint density at radius 1 is 1.04 bits per heavy atom. The minimum absolute atomic E-state index is 0.358. The molecule has 0 unspecified atom stereocenters. The van der Waals surface area contributed by atoms with Crippen molar-refractivity contribution in [3.05, 3.63) is 59.7 Å². The van der Waals surface area contributed by atoms with E-state index >= 15 is 0 Å². The van der Waals surface area contributed by atoms with Gasteiger partial charge in [-0.3, -0.25) is 0 Å². The number of methoxy groups -OCH3 is 2. The van der Waals surface area contributed by atoms with Crippen LogP contribution in [-0.4, -0.2) is 26.2 Å². The molecule has 120 valence electrons. The highest BCUT2D eigenvalue weighted by atomic mass is 16.5. The Bertz CT molecular complexity index is 683. The van der Waals surface area contributed by atoms with Crippen LogP contribution in [0.15, 0.2) is 48.5 Å². The molecular formula is C17H18N2O4. The predicted molar refractivity (Wildman–Crippen MR) is 86.6 cm³/mol. The summed E-state index contributed by atoms with van der Waals surface area (Å²) in [6.45, 7) is 0.381. The molecule has 0 saturated heterocycles. The predicted octanol–water partition coefficient (Wildman–Crippen LogP) is 2.80. The fourth-order valence-electron chi connectivity index (χ4n) is 1.94. The zero-order valence-corrected chi connectivity index (χ0v) is 13.0. The monoisotopic (exact) mass is 314 g/mol. The molecule has 0 aliphatic heterocycles. The van der Waals surface area contributed by atoms with Gasteiger partial charge in [0.05, 0.1) is 19.8 Å². The van der Waals surface area contributed by atoms with Crippen molar-refractivity contribution in [2.75, 3.05) is 19.5 Å². The Morgan fingerprint density at radius 3 is 2.43 bits per heavy atom. The minimum atomic E-state index is -0.452. The van der Waals surface area contributed by atoms with Crippen LogP contribution in [0.25, 0.3) is 0 Å². The summed E-state index contributed by atoms with van der Waals surface area (Å²) in [5.41, 5.74) is 1.84. The molecule has 0 aliphatic rings. The molecule has 6 heteroatoms. The van der Waals surface area contributed by atoms with Crippen molar-refractivity contribution in [2.24, 2.45) is 0 Å². The molecule has 2 aromatic carbocycles. The minimum Gasteiger partial charge on any atom is -0.497 e. The van der Waals surface area contributed by atoms with E-state index in [0.29, 0.717) is 17.8 Å². The lowest BCUT2D eigenvalue weighted by atomic mass is 10.2. The molecule has 0 aromatic heterocycles. The van der Waals surface area contributed by atoms with Crippen LogP contribution < -0.4 is 15.4 Å². The topological polar surface area (TPSA) is 76.7 Å². The summed E-state index contributed by atoms with van der Waals surface area (Å²) in [6.07, 6.45) is 0. The van der Waals surface area contributed by atoms with Gasteiger partial charge in [0.2, 0.25) is 0 Å². The van der Waals surface area contributed by atoms with Crippen molar-refractivity contribution in [2.45, 2.75) is 6.54 Å². The quantitative estimate of drug-likeness (QED) is 0.832. The molecule has 0 radical (unpaired) electrons. The third-order valence-electron chi connectivity index (χ3n) is 3.15. The summed E-state index contributed by atoms with van der Waals surface area (Å²) in [5, 5.41) is 5.41. The number of hydrogen-bond acceptors (Lipinski definition) is 4. The number of urea groups is 1. The smallest absolute Gasteiger partial charge is 0.337 e. The molecule has 2 amide bonds. The lowest BCUT2D eigenvalue weighted by Gasteiger charge is -2.09. The second-order valence-corrected chi connectivity index (χ2v) is 4.73. The van der Waals surface area contributed by atoms with Crippen LogP contribution in [0.2, 0.25) is 0 Å². The largest absolute Gasteiger partial charge is 0.497 e. The first-order valence-corrected chi connectivity index (χ1v) is 6.98. The number of hydrogen-bond donors (Lipinski definition) is 2. The van der Waals surface area contributed by atoms with E-state index in [1.807, 2.05) is 24.3 Å². The van der Waals surface area contributed by atoms with Gasteiger partial charge >= 0.3 is 12.0 Å². The van der Waals surface area contributed by atoms with Gasteiger partial charge in [-0.25, -0.2) is 9.59 Å². The molecule has 2 rings (SSSR count). The van der Waals surface area contributed by atoms with Crippen LogP contribution in [0, 0.1) is 0 Å². The Morgan fingerprint density at radius 2 is 1.78 bits per heavy atom. The lowest BCUT2D eigenvalue weighted by molar-refractivity contribution is 0.0600. The second kappa shape index (κ2) is 7.84. The molecule has 6 nitrogen and oxygen atoms in total. The summed E-state index contributed by atoms with van der Waals surface area (Å²) >= 11 is 0. The maximum atomic E-state index is 11.9. The number of carbonyl (C=O) groups excluding carboxylic acids is 2. The molecule has 2 aromatic rings. The standard InChI is InChI=1S/C17H18N2O4/c1-22-15-8-6-12(7-9-15)11-18-17(21)19-14-5-3-4-13(10-14)16(20)23-2/h3-10H,11H2,1-2H3,(H2,18,19,21). The molecule has 0 aliphatic carbocycles. The molecule has 2 N–H and O–H groups in total. The number of amides is 2. The molecule has 0 spiro atoms. The molecule has 0 fully saturated rings. The van der Waals surface area contributed by atoms with Gasteiger partial charge in [0.15, 0.2) is 0 Å². The summed E-state index contributed by atoms with van der Waals surface area (Å²) in [5.74, 6) is 0.310. The number of ether oxygens (including phenoxy) is 2. The van der Waals surface area contributed by atoms with Crippen molar-refractivity contribution in [3.63, 3.8) is 0 Å². The van der Waals surface area contributed by atoms with Crippen LogP contribution in [0.4, 0.5) is 10.5 Å². The third-order valence-corrected chi connectivity index (χ3v) is 3.15. The second-order valence-electron chi connectivity index (χ2n) is 4.73. The molecule has 0 heterocycles. The van der Waals surface area contributed by atoms with Crippen LogP contribution in [0.5, 0.6) is 5.75 Å². The lowest BCUT2D eigenvalue weighted by Crippen LogP contribution is -2.28. The van der Waals surface area contributed by atoms with Crippen LogP contribution >= 0.6 is 0 Å². The maximum absolute atomic E-state index is 11.9. The first-order valence-electron chi connectivity index (χ1n) is 6.98. The van der Waals surface area contributed by atoms with Crippen LogP contribution in [0.3, 0.4) is 0 Å². The first-order chi connectivity index (χ1) is 11.1. The molecular weight excluding hydrogens is 296 g/mol. The molecule has 0 atom stereocenters. The molecule has 0 bridgehead atoms. The maximum Gasteiger partial charge on any atom is 0.337 e. The number of anilines is 1. The fourth-order valence-corrected chi connectivity index (χ4v) is 1.94. The summed E-state index contributed by atoms with van der Waals surface area (Å²) in [4.78, 5) is 23.4. The van der Waals surface area contributed by atoms with Gasteiger partial charge < -0.3 is 20.1 Å². The van der Waals surface area contributed by atoms with Crippen molar-refractivity contribution < 1.29 is 19.1 Å². The highest BCUT2D eigenvalue weighted by Gasteiger charge is 2.07. The van der Waals surface area contributed by atoms with Crippen molar-refractivity contribution in [3.8, 4) is 5.75 Å². The van der Waals surface area contributed by atoms with Gasteiger partial charge in [-0.1, -0.05) is 18.2 Å². The van der Waals surface area contributed by atoms with Crippen LogP contribution in [-0.2, 0) is 11.3 Å². The van der Waals surface area contributed by atoms with E-state index in [-0.39, 0.29) is 6.03 Å². The van der Waals surface area contributed by atoms with Gasteiger partial charge in [0.1, 0.15) is 5.75 Å². The summed E-state index contributed by atoms with van der Waals surface area (Å²) in [6, 6.07) is 13.6. The fraction of sp³-hybridized carbons (Fsp3) is 0.176. The van der Waals surface area contributed by atoms with E-state index in [9.17, 15) is 9.59 Å². The van der Waals surface area contributed by atoms with E-state index < -0.39 is 5.97 Å². The average Bonchev–Trinajstić information content (AvgIpc) is 2.60. The van der Waals surface area contributed by atoms with Crippen LogP contribution in [0.1, 0.15) is 15.9 Å². The van der Waals surface area contributed by atoms with Crippen molar-refractivity contribution >= 4 is 17.7 Å². The Balaban J connectivity index is 1.90. The summed E-state index contributed by atoms with van der Waals surface area (Å²) in [7, 11) is 2.91. The first kappa shape index (κ1) is 16.4. The van der Waals surface area contributed by atoms with Crippen molar-refractivity contribution in [1.82, 2.24) is 5.32 Å². The highest BCUT2D eigenvalue weighted by Crippen LogP contribution is 2.12. The number of rotatable bonds is 5. The van der Waals surface area contributed by atoms with E-state index in [1.54, 1.807) is 31.4 Å². The highest BCUT2D eigenvalue weighted by molar-refractivity contribution is 5.93. The van der Waals surface area contributed by atoms with Gasteiger partial charge in [0, 0.05) is 12.2 Å². The Hall–Kier alpha value is -3.02. The van der Waals surface area contributed by atoms with Gasteiger partial charge in [-0.2, -0.15) is 0 Å². The number of nitrogens with one attached hydrogen (secondary N) is 2. The van der Waals surface area contributed by atoms with Gasteiger partial charge in [-0.15, -0.1) is 0 Å². The summed E-state index contributed by atoms with van der Waals surface area (Å²) < 4.78 is 9.72. The normalized spacial score (nSPS) is 9.83. The van der Waals surface area contributed by atoms with Crippen molar-refractivity contribution in [1.29, 1.82) is 0 Å². The Labute approximate surface area is 134 Å². The molecule has 23 heavy (non-hydrogen) atoms. The van der Waals surface area contributed by atoms with E-state index in [0.717, 1.165) is 11.3 Å². The molecule has 0 saturated carbocycles. The number of esters is 1. The van der Waals surface area contributed by atoms with E-state index in [4.69, 9.17) is 4.74 Å². The third kappa shape index (κ3) is 4.74. The average molecular weight is 314 g/mol. The van der Waals surface area contributed by atoms with E-state index in [1.165, 1.54) is 7.11 Å². The van der Waals surface area contributed by atoms with E-state index in [2.05, 4.69) is 15.4 Å². The zero-order valence-electron chi connectivity index (χ0n) is 13.0. The van der Waals surface area contributed by atoms with Gasteiger partial charge in [0.25, 0.3) is 0 Å². The number of carbonyl (C=O) groups is 2. The van der Waals surface area contributed by atoms with Gasteiger partial charge in [-0.05, 0) is 35.9 Å².